The lowest BCUT2D eigenvalue weighted by Gasteiger charge is -1.82. The molecule has 3 heteroatoms. The van der Waals surface area contributed by atoms with E-state index < -0.39 is 0 Å². The van der Waals surface area contributed by atoms with Gasteiger partial charge in [-0.25, -0.2) is 0 Å². The lowest BCUT2D eigenvalue weighted by atomic mass is 10.3. The normalized spacial score (nSPS) is 16.5. The first kappa shape index (κ1) is 4.09. The third-order valence-corrected chi connectivity index (χ3v) is 1.31. The van der Waals surface area contributed by atoms with Gasteiger partial charge in [-0.1, -0.05) is 0 Å². The Bertz CT molecular complexity index is 176. The van der Waals surface area contributed by atoms with Gasteiger partial charge in [-0.2, -0.15) is 5.10 Å². The van der Waals surface area contributed by atoms with Gasteiger partial charge < -0.3 is 4.74 Å². The molecule has 2 heterocycles. The zero-order chi connectivity index (χ0) is 5.40. The van der Waals surface area contributed by atoms with Crippen LogP contribution >= 0.6 is 0 Å². The van der Waals surface area contributed by atoms with Crippen LogP contribution in [0.3, 0.4) is 0 Å². The van der Waals surface area contributed by atoms with E-state index in [4.69, 9.17) is 4.74 Å². The summed E-state index contributed by atoms with van der Waals surface area (Å²) in [5.74, 6) is 0. The van der Waals surface area contributed by atoms with Crippen molar-refractivity contribution in [2.24, 2.45) is 0 Å². The maximum absolute atomic E-state index is 5.08. The van der Waals surface area contributed by atoms with Gasteiger partial charge in [0.1, 0.15) is 0 Å². The third-order valence-electron chi connectivity index (χ3n) is 1.31. The van der Waals surface area contributed by atoms with Crippen LogP contribution in [0.4, 0.5) is 0 Å². The fourth-order valence-corrected chi connectivity index (χ4v) is 0.850. The van der Waals surface area contributed by atoms with Crippen LogP contribution in [-0.2, 0) is 18.0 Å². The molecule has 0 aliphatic carbocycles. The number of fused-ring (bicyclic) bond motifs is 1. The van der Waals surface area contributed by atoms with Crippen LogP contribution < -0.4 is 0 Å². The largest absolute Gasteiger partial charge is 0.370 e. The Balaban J connectivity index is 2.54. The molecule has 0 radical (unpaired) electrons. The van der Waals surface area contributed by atoms with Gasteiger partial charge in [0, 0.05) is 5.56 Å². The van der Waals surface area contributed by atoms with Crippen molar-refractivity contribution in [2.45, 2.75) is 13.2 Å². The summed E-state index contributed by atoms with van der Waals surface area (Å²) in [6.45, 7) is 1.43. The van der Waals surface area contributed by atoms with Crippen molar-refractivity contribution in [1.82, 2.24) is 10.2 Å². The predicted molar refractivity (Wildman–Crippen MR) is 27.1 cm³/mol. The Morgan fingerprint density at radius 2 is 2.62 bits per heavy atom. The summed E-state index contributed by atoms with van der Waals surface area (Å²) in [6.07, 6.45) is 1.81. The highest BCUT2D eigenvalue weighted by Crippen LogP contribution is 2.14. The molecule has 0 amide bonds. The van der Waals surface area contributed by atoms with Crippen LogP contribution in [0.2, 0.25) is 0 Å². The summed E-state index contributed by atoms with van der Waals surface area (Å²) < 4.78 is 5.08. The van der Waals surface area contributed by atoms with Crippen molar-refractivity contribution < 1.29 is 4.74 Å². The van der Waals surface area contributed by atoms with Gasteiger partial charge in [0.25, 0.3) is 0 Å². The molecule has 1 aliphatic heterocycles. The van der Waals surface area contributed by atoms with Gasteiger partial charge in [0.15, 0.2) is 0 Å². The summed E-state index contributed by atoms with van der Waals surface area (Å²) in [7, 11) is 0. The fourth-order valence-electron chi connectivity index (χ4n) is 0.850. The Kier molecular flexibility index (Phi) is 0.676. The van der Waals surface area contributed by atoms with Crippen molar-refractivity contribution >= 4 is 0 Å². The van der Waals surface area contributed by atoms with Crippen molar-refractivity contribution in [1.29, 1.82) is 0 Å². The van der Waals surface area contributed by atoms with Gasteiger partial charge in [-0.05, 0) is 0 Å². The van der Waals surface area contributed by atoms with Gasteiger partial charge in [0.05, 0.1) is 25.1 Å². The summed E-state index contributed by atoms with van der Waals surface area (Å²) in [5, 5.41) is 6.68. The number of hydrogen-bond donors (Lipinski definition) is 1. The summed E-state index contributed by atoms with van der Waals surface area (Å²) >= 11 is 0. The van der Waals surface area contributed by atoms with E-state index in [9.17, 15) is 0 Å². The Morgan fingerprint density at radius 1 is 1.62 bits per heavy atom. The van der Waals surface area contributed by atoms with E-state index in [-0.39, 0.29) is 0 Å². The van der Waals surface area contributed by atoms with Gasteiger partial charge in [-0.3, -0.25) is 5.10 Å². The van der Waals surface area contributed by atoms with Crippen LogP contribution in [0.15, 0.2) is 6.20 Å². The lowest BCUT2D eigenvalue weighted by molar-refractivity contribution is 0.131. The molecule has 3 nitrogen and oxygen atoms in total. The molecule has 1 aliphatic rings. The summed E-state index contributed by atoms with van der Waals surface area (Å²) in [5.41, 5.74) is 2.33. The molecule has 0 fully saturated rings. The van der Waals surface area contributed by atoms with Crippen molar-refractivity contribution in [3.8, 4) is 0 Å². The maximum atomic E-state index is 5.08. The minimum atomic E-state index is 0.704. The SMILES string of the molecule is c1n[nH]c2c1COC2. The van der Waals surface area contributed by atoms with E-state index in [1.165, 1.54) is 5.56 Å². The number of hydrogen-bond acceptors (Lipinski definition) is 2. The second-order valence-corrected chi connectivity index (χ2v) is 1.87. The van der Waals surface area contributed by atoms with Crippen molar-refractivity contribution in [2.75, 3.05) is 0 Å². The molecule has 0 aromatic carbocycles. The van der Waals surface area contributed by atoms with Gasteiger partial charge in [-0.15, -0.1) is 0 Å². The number of ether oxygens (including phenoxy) is 1. The Morgan fingerprint density at radius 3 is 3.50 bits per heavy atom. The lowest BCUT2D eigenvalue weighted by Crippen LogP contribution is -1.79. The predicted octanol–water partition coefficient (Wildman–Crippen LogP) is 0.440. The van der Waals surface area contributed by atoms with Crippen molar-refractivity contribution in [3.05, 3.63) is 17.5 Å². The first-order chi connectivity index (χ1) is 3.97. The first-order valence-electron chi connectivity index (χ1n) is 2.55. The molecule has 0 bridgehead atoms. The average Bonchev–Trinajstić information content (AvgIpc) is 2.15. The molecule has 1 N–H and O–H groups in total. The molecule has 1 aromatic heterocycles. The molecule has 0 saturated carbocycles. The molecular formula is C5H6N2O. The number of H-pyrrole nitrogens is 1. The van der Waals surface area contributed by atoms with E-state index in [1.54, 1.807) is 0 Å². The van der Waals surface area contributed by atoms with Gasteiger partial charge >= 0.3 is 0 Å². The summed E-state index contributed by atoms with van der Waals surface area (Å²) in [6, 6.07) is 0. The van der Waals surface area contributed by atoms with Gasteiger partial charge in [0.2, 0.25) is 0 Å². The van der Waals surface area contributed by atoms with Crippen LogP contribution in [0.25, 0.3) is 0 Å². The number of nitrogens with zero attached hydrogens (tertiary/aromatic N) is 1. The highest BCUT2D eigenvalue weighted by molar-refractivity contribution is 5.16. The van der Waals surface area contributed by atoms with E-state index in [0.717, 1.165) is 12.3 Å². The second-order valence-electron chi connectivity index (χ2n) is 1.87. The van der Waals surface area contributed by atoms with Crippen LogP contribution in [0.1, 0.15) is 11.3 Å². The minimum Gasteiger partial charge on any atom is -0.370 e. The molecule has 0 atom stereocenters. The average molecular weight is 110 g/mol. The van der Waals surface area contributed by atoms with E-state index in [1.807, 2.05) is 6.20 Å². The third kappa shape index (κ3) is 0.391. The molecule has 1 aromatic rings. The van der Waals surface area contributed by atoms with Crippen LogP contribution in [0.5, 0.6) is 0 Å². The van der Waals surface area contributed by atoms with E-state index in [2.05, 4.69) is 10.2 Å². The van der Waals surface area contributed by atoms with Crippen molar-refractivity contribution in [3.63, 3.8) is 0 Å². The smallest absolute Gasteiger partial charge is 0.0890 e. The van der Waals surface area contributed by atoms with E-state index >= 15 is 0 Å². The molecular weight excluding hydrogens is 104 g/mol. The zero-order valence-corrected chi connectivity index (χ0v) is 4.35. The number of aromatic nitrogens is 2. The molecule has 2 rings (SSSR count). The number of rotatable bonds is 0. The zero-order valence-electron chi connectivity index (χ0n) is 4.35. The monoisotopic (exact) mass is 110 g/mol. The minimum absolute atomic E-state index is 0.704. The molecule has 0 saturated heterocycles. The Hall–Kier alpha value is -0.830. The molecule has 8 heavy (non-hydrogen) atoms. The fraction of sp³-hybridized carbons (Fsp3) is 0.400. The highest BCUT2D eigenvalue weighted by Gasteiger charge is 2.10. The number of aromatic amines is 1. The highest BCUT2D eigenvalue weighted by atomic mass is 16.5. The molecule has 42 valence electrons. The molecule has 0 unspecified atom stereocenters. The molecule has 0 spiro atoms. The van der Waals surface area contributed by atoms with Crippen LogP contribution in [-0.4, -0.2) is 10.2 Å². The second kappa shape index (κ2) is 1.32. The van der Waals surface area contributed by atoms with Crippen LogP contribution in [0, 0.1) is 0 Å². The first-order valence-corrected chi connectivity index (χ1v) is 2.55. The Labute approximate surface area is 46.7 Å². The maximum Gasteiger partial charge on any atom is 0.0890 e. The number of nitrogens with one attached hydrogen (secondary N) is 1. The quantitative estimate of drug-likeness (QED) is 0.526. The topological polar surface area (TPSA) is 37.9 Å². The van der Waals surface area contributed by atoms with E-state index in [0.29, 0.717) is 6.61 Å². The standard InChI is InChI=1S/C5H6N2O/c1-4-2-8-3-5(4)7-6-1/h1H,2-3H2,(H,6,7). The summed E-state index contributed by atoms with van der Waals surface area (Å²) in [4.78, 5) is 0.